The Kier molecular flexibility index (Phi) is 4.95. The molecule has 2 heterocycles. The molecule has 0 radical (unpaired) electrons. The van der Waals surface area contributed by atoms with E-state index in [1.165, 1.54) is 31.5 Å². The minimum atomic E-state index is 0.839. The van der Waals surface area contributed by atoms with Crippen molar-refractivity contribution in [2.75, 3.05) is 26.7 Å². The molecule has 1 N–H and O–H groups in total. The number of hydrogen-bond acceptors (Lipinski definition) is 3. The van der Waals surface area contributed by atoms with Crippen molar-refractivity contribution in [3.8, 4) is 0 Å². The van der Waals surface area contributed by atoms with Gasteiger partial charge in [0, 0.05) is 23.4 Å². The van der Waals surface area contributed by atoms with E-state index < -0.39 is 0 Å². The second-order valence-corrected chi connectivity index (χ2v) is 5.80. The van der Waals surface area contributed by atoms with Crippen LogP contribution in [-0.2, 0) is 6.54 Å². The molecule has 1 saturated heterocycles. The molecule has 1 aliphatic rings. The number of nitrogens with zero attached hydrogens (tertiary/aromatic N) is 2. The van der Waals surface area contributed by atoms with Crippen LogP contribution in [0.3, 0.4) is 0 Å². The molecule has 0 aromatic carbocycles. The Morgan fingerprint density at radius 3 is 2.88 bits per heavy atom. The number of hydrogen-bond donors (Lipinski definition) is 1. The van der Waals surface area contributed by atoms with Crippen molar-refractivity contribution in [3.63, 3.8) is 0 Å². The number of halogens is 1. The summed E-state index contributed by atoms with van der Waals surface area (Å²) in [5.41, 5.74) is 1.24. The van der Waals surface area contributed by atoms with Gasteiger partial charge in [0.25, 0.3) is 0 Å². The molecule has 1 aromatic heterocycles. The normalized spacial score (nSPS) is 18.5. The average molecular weight is 298 g/mol. The van der Waals surface area contributed by atoms with Crippen LogP contribution in [-0.4, -0.2) is 36.6 Å². The van der Waals surface area contributed by atoms with Gasteiger partial charge in [-0.05, 0) is 73.0 Å². The SMILES string of the molecule is CN1CCC(CNCc2cncc(Br)c2)CC1. The molecule has 0 unspecified atom stereocenters. The maximum atomic E-state index is 4.17. The molecule has 0 saturated carbocycles. The highest BCUT2D eigenvalue weighted by atomic mass is 79.9. The summed E-state index contributed by atoms with van der Waals surface area (Å²) in [7, 11) is 2.21. The maximum Gasteiger partial charge on any atom is 0.0410 e. The van der Waals surface area contributed by atoms with Crippen molar-refractivity contribution in [2.24, 2.45) is 5.92 Å². The molecule has 1 aliphatic heterocycles. The molecule has 3 nitrogen and oxygen atoms in total. The summed E-state index contributed by atoms with van der Waals surface area (Å²) >= 11 is 3.44. The Hall–Kier alpha value is -0.450. The van der Waals surface area contributed by atoms with Crippen molar-refractivity contribution >= 4 is 15.9 Å². The van der Waals surface area contributed by atoms with Gasteiger partial charge in [-0.1, -0.05) is 0 Å². The number of rotatable bonds is 4. The van der Waals surface area contributed by atoms with Crippen LogP contribution in [0, 0.1) is 5.92 Å². The van der Waals surface area contributed by atoms with Gasteiger partial charge in [0.15, 0.2) is 0 Å². The van der Waals surface area contributed by atoms with Crippen LogP contribution in [0.5, 0.6) is 0 Å². The first-order chi connectivity index (χ1) is 8.24. The van der Waals surface area contributed by atoms with Gasteiger partial charge in [-0.15, -0.1) is 0 Å². The zero-order valence-electron chi connectivity index (χ0n) is 10.3. The summed E-state index contributed by atoms with van der Waals surface area (Å²) in [5, 5.41) is 3.53. The van der Waals surface area contributed by atoms with Crippen molar-refractivity contribution < 1.29 is 0 Å². The summed E-state index contributed by atoms with van der Waals surface area (Å²) in [4.78, 5) is 6.58. The molecule has 2 rings (SSSR count). The van der Waals surface area contributed by atoms with Crippen LogP contribution in [0.25, 0.3) is 0 Å². The predicted octanol–water partition coefficient (Wildman–Crippen LogP) is 2.28. The summed E-state index contributed by atoms with van der Waals surface area (Å²) < 4.78 is 1.05. The molecule has 0 aliphatic carbocycles. The van der Waals surface area contributed by atoms with E-state index >= 15 is 0 Å². The Morgan fingerprint density at radius 2 is 2.18 bits per heavy atom. The van der Waals surface area contributed by atoms with Crippen molar-refractivity contribution in [2.45, 2.75) is 19.4 Å². The molecule has 0 bridgehead atoms. The zero-order valence-corrected chi connectivity index (χ0v) is 11.9. The second kappa shape index (κ2) is 6.47. The molecule has 94 valence electrons. The minimum absolute atomic E-state index is 0.839. The smallest absolute Gasteiger partial charge is 0.0410 e. The predicted molar refractivity (Wildman–Crippen MR) is 73.9 cm³/mol. The van der Waals surface area contributed by atoms with Crippen molar-refractivity contribution in [3.05, 3.63) is 28.5 Å². The molecule has 0 amide bonds. The summed E-state index contributed by atoms with van der Waals surface area (Å²) in [6.07, 6.45) is 6.38. The van der Waals surface area contributed by atoms with Gasteiger partial charge in [0.1, 0.15) is 0 Å². The van der Waals surface area contributed by atoms with Crippen LogP contribution >= 0.6 is 15.9 Å². The van der Waals surface area contributed by atoms with E-state index in [0.717, 1.165) is 23.5 Å². The standard InChI is InChI=1S/C13H20BrN3/c1-17-4-2-11(3-5-17)7-15-8-12-6-13(14)10-16-9-12/h6,9-11,15H,2-5,7-8H2,1H3. The highest BCUT2D eigenvalue weighted by molar-refractivity contribution is 9.10. The first kappa shape index (κ1) is 13.0. The topological polar surface area (TPSA) is 28.2 Å². The van der Waals surface area contributed by atoms with Crippen LogP contribution in [0.1, 0.15) is 18.4 Å². The van der Waals surface area contributed by atoms with Gasteiger partial charge < -0.3 is 10.2 Å². The molecule has 0 spiro atoms. The van der Waals surface area contributed by atoms with E-state index in [1.807, 2.05) is 12.4 Å². The van der Waals surface area contributed by atoms with E-state index in [4.69, 9.17) is 0 Å². The molecular formula is C13H20BrN3. The lowest BCUT2D eigenvalue weighted by molar-refractivity contribution is 0.216. The van der Waals surface area contributed by atoms with Gasteiger partial charge in [0.2, 0.25) is 0 Å². The summed E-state index contributed by atoms with van der Waals surface area (Å²) in [6.45, 7) is 4.52. The van der Waals surface area contributed by atoms with E-state index in [9.17, 15) is 0 Å². The first-order valence-electron chi connectivity index (χ1n) is 6.23. The van der Waals surface area contributed by atoms with E-state index in [-0.39, 0.29) is 0 Å². The maximum absolute atomic E-state index is 4.17. The zero-order chi connectivity index (χ0) is 12.1. The summed E-state index contributed by atoms with van der Waals surface area (Å²) in [5.74, 6) is 0.839. The molecule has 17 heavy (non-hydrogen) atoms. The van der Waals surface area contributed by atoms with Gasteiger partial charge >= 0.3 is 0 Å². The molecule has 4 heteroatoms. The van der Waals surface area contributed by atoms with Gasteiger partial charge in [-0.2, -0.15) is 0 Å². The third-order valence-electron chi connectivity index (χ3n) is 3.36. The fourth-order valence-electron chi connectivity index (χ4n) is 2.24. The number of aromatic nitrogens is 1. The first-order valence-corrected chi connectivity index (χ1v) is 7.02. The highest BCUT2D eigenvalue weighted by Gasteiger charge is 2.15. The Labute approximate surface area is 112 Å². The number of pyridine rings is 1. The third-order valence-corrected chi connectivity index (χ3v) is 3.80. The summed E-state index contributed by atoms with van der Waals surface area (Å²) in [6, 6.07) is 2.12. The number of piperidine rings is 1. The quantitative estimate of drug-likeness (QED) is 0.924. The van der Waals surface area contributed by atoms with E-state index in [2.05, 4.69) is 44.2 Å². The number of likely N-dealkylation sites (tertiary alicyclic amines) is 1. The monoisotopic (exact) mass is 297 g/mol. The molecule has 1 aromatic rings. The van der Waals surface area contributed by atoms with Crippen LogP contribution in [0.4, 0.5) is 0 Å². The number of nitrogens with one attached hydrogen (secondary N) is 1. The van der Waals surface area contributed by atoms with E-state index in [1.54, 1.807) is 0 Å². The van der Waals surface area contributed by atoms with Crippen molar-refractivity contribution in [1.29, 1.82) is 0 Å². The highest BCUT2D eigenvalue weighted by Crippen LogP contribution is 2.15. The largest absolute Gasteiger partial charge is 0.312 e. The van der Waals surface area contributed by atoms with E-state index in [0.29, 0.717) is 0 Å². The van der Waals surface area contributed by atoms with Gasteiger partial charge in [-0.3, -0.25) is 4.98 Å². The lowest BCUT2D eigenvalue weighted by atomic mass is 9.97. The second-order valence-electron chi connectivity index (χ2n) is 4.89. The Bertz CT molecular complexity index is 348. The third kappa shape index (κ3) is 4.37. The fourth-order valence-corrected chi connectivity index (χ4v) is 2.65. The molecule has 0 atom stereocenters. The van der Waals surface area contributed by atoms with Crippen molar-refractivity contribution in [1.82, 2.24) is 15.2 Å². The van der Waals surface area contributed by atoms with Crippen LogP contribution in [0.2, 0.25) is 0 Å². The van der Waals surface area contributed by atoms with Crippen LogP contribution < -0.4 is 5.32 Å². The molecular weight excluding hydrogens is 278 g/mol. The van der Waals surface area contributed by atoms with Gasteiger partial charge in [0.05, 0.1) is 0 Å². The minimum Gasteiger partial charge on any atom is -0.312 e. The average Bonchev–Trinajstić information content (AvgIpc) is 2.32. The lowest BCUT2D eigenvalue weighted by Gasteiger charge is -2.29. The lowest BCUT2D eigenvalue weighted by Crippen LogP contribution is -2.34. The Morgan fingerprint density at radius 1 is 1.41 bits per heavy atom. The Balaban J connectivity index is 1.69. The van der Waals surface area contributed by atoms with Crippen LogP contribution in [0.15, 0.2) is 22.9 Å². The van der Waals surface area contributed by atoms with Gasteiger partial charge in [-0.25, -0.2) is 0 Å². The molecule has 1 fully saturated rings. The fraction of sp³-hybridized carbons (Fsp3) is 0.615.